The Morgan fingerprint density at radius 1 is 0.455 bits per heavy atom. The molecule has 7 heteroatoms. The highest BCUT2D eigenvalue weighted by molar-refractivity contribution is 7.02. The van der Waals surface area contributed by atoms with Crippen molar-refractivity contribution in [3.05, 3.63) is 138 Å². The summed E-state index contributed by atoms with van der Waals surface area (Å²) in [5, 5.41) is 2.25. The molecule has 0 aliphatic carbocycles. The van der Waals surface area contributed by atoms with Gasteiger partial charge in [0.1, 0.15) is 33.5 Å². The lowest BCUT2D eigenvalue weighted by Crippen LogP contribution is -2.59. The van der Waals surface area contributed by atoms with E-state index < -0.39 is 0 Å². The molecule has 8 heterocycles. The van der Waals surface area contributed by atoms with Crippen LogP contribution < -0.4 is 16.4 Å². The molecule has 0 bridgehead atoms. The Bertz CT molecular complexity index is 3540. The molecule has 258 valence electrons. The first-order valence-electron chi connectivity index (χ1n) is 19.1. The topological polar surface area (TPSA) is 45.0 Å². The van der Waals surface area contributed by atoms with Gasteiger partial charge in [-0.15, -0.1) is 0 Å². The number of fused-ring (bicyclic) bond motifs is 20. The van der Waals surface area contributed by atoms with Crippen molar-refractivity contribution in [1.82, 2.24) is 17.9 Å². The van der Waals surface area contributed by atoms with Crippen LogP contribution in [0.5, 0.6) is 0 Å². The van der Waals surface area contributed by atoms with E-state index in [0.717, 1.165) is 55.4 Å². The summed E-state index contributed by atoms with van der Waals surface area (Å²) in [6.45, 7) is 8.79. The van der Waals surface area contributed by atoms with Crippen molar-refractivity contribution < 1.29 is 8.83 Å². The van der Waals surface area contributed by atoms with E-state index in [1.165, 1.54) is 83.2 Å². The van der Waals surface area contributed by atoms with Crippen molar-refractivity contribution >= 4 is 101 Å². The van der Waals surface area contributed by atoms with Gasteiger partial charge in [-0.2, -0.15) is 0 Å². The van der Waals surface area contributed by atoms with Gasteiger partial charge in [0.15, 0.2) is 11.2 Å². The number of benzene rings is 6. The van der Waals surface area contributed by atoms with Crippen molar-refractivity contribution in [1.29, 1.82) is 0 Å². The van der Waals surface area contributed by atoms with E-state index in [9.17, 15) is 0 Å². The maximum absolute atomic E-state index is 7.07. The van der Waals surface area contributed by atoms with Gasteiger partial charge in [-0.1, -0.05) is 66.7 Å². The lowest BCUT2D eigenvalue weighted by molar-refractivity contribution is 0.671. The summed E-state index contributed by atoms with van der Waals surface area (Å²) in [5.74, 6) is 0. The average molecular weight is 707 g/mol. The van der Waals surface area contributed by atoms with Crippen LogP contribution in [0.15, 0.2) is 124 Å². The Kier molecular flexibility index (Phi) is 4.82. The highest BCUT2D eigenvalue weighted by atomic mass is 16.3. The number of hydrogen-bond acceptors (Lipinski definition) is 2. The van der Waals surface area contributed by atoms with Crippen LogP contribution in [0.4, 0.5) is 0 Å². The maximum Gasteiger partial charge on any atom is 0.266 e. The van der Waals surface area contributed by atoms with Crippen LogP contribution in [0.3, 0.4) is 0 Å². The third-order valence-electron chi connectivity index (χ3n) is 12.8. The summed E-state index contributed by atoms with van der Waals surface area (Å²) in [7, 11) is 0. The summed E-state index contributed by atoms with van der Waals surface area (Å²) >= 11 is 0. The first-order chi connectivity index (χ1) is 27.0. The Balaban J connectivity index is 1.31. The van der Waals surface area contributed by atoms with Crippen LogP contribution in [0, 0.1) is 27.7 Å². The molecule has 0 fully saturated rings. The van der Waals surface area contributed by atoms with Crippen LogP contribution in [0.25, 0.3) is 100 Å². The third-order valence-corrected chi connectivity index (χ3v) is 12.8. The van der Waals surface area contributed by atoms with Gasteiger partial charge in [0, 0.05) is 33.1 Å². The molecule has 0 saturated carbocycles. The molecule has 0 radical (unpaired) electrons. The molecule has 2 aliphatic rings. The minimum absolute atomic E-state index is 0.160. The Morgan fingerprint density at radius 2 is 0.927 bits per heavy atom. The fourth-order valence-corrected chi connectivity index (χ4v) is 11.0. The molecule has 6 aromatic heterocycles. The molecule has 0 spiro atoms. The lowest BCUT2D eigenvalue weighted by Gasteiger charge is -2.31. The molecule has 2 aliphatic heterocycles. The largest absolute Gasteiger partial charge is 0.455 e. The first-order valence-corrected chi connectivity index (χ1v) is 19.1. The molecule has 6 nitrogen and oxygen atoms in total. The number of imidazole rings is 2. The van der Waals surface area contributed by atoms with Crippen LogP contribution in [0.1, 0.15) is 22.3 Å². The van der Waals surface area contributed by atoms with E-state index in [1.54, 1.807) is 0 Å². The van der Waals surface area contributed by atoms with E-state index in [2.05, 4.69) is 161 Å². The van der Waals surface area contributed by atoms with Gasteiger partial charge in [-0.25, -0.2) is 0 Å². The molecule has 12 aromatic rings. The predicted molar refractivity (Wildman–Crippen MR) is 226 cm³/mol. The smallest absolute Gasteiger partial charge is 0.266 e. The summed E-state index contributed by atoms with van der Waals surface area (Å²) in [6, 6.07) is 42.1. The van der Waals surface area contributed by atoms with Crippen molar-refractivity contribution in [3.8, 4) is 22.5 Å². The Morgan fingerprint density at radius 3 is 1.44 bits per heavy atom. The van der Waals surface area contributed by atoms with Crippen LogP contribution in [-0.2, 0) is 0 Å². The molecule has 0 N–H and O–H groups in total. The van der Waals surface area contributed by atoms with Gasteiger partial charge in [-0.3, -0.25) is 17.9 Å². The Labute approximate surface area is 314 Å². The molecule has 0 atom stereocenters. The molecule has 0 unspecified atom stereocenters. The molecular weight excluding hydrogens is 675 g/mol. The quantitative estimate of drug-likeness (QED) is 0.160. The summed E-state index contributed by atoms with van der Waals surface area (Å²) < 4.78 is 24.3. The lowest BCUT2D eigenvalue weighted by atomic mass is 9.35. The molecule has 0 amide bonds. The predicted octanol–water partition coefficient (Wildman–Crippen LogP) is 9.92. The van der Waals surface area contributed by atoms with Gasteiger partial charge >= 0.3 is 0 Å². The fraction of sp³-hybridized carbons (Fsp3) is 0.0833. The zero-order valence-electron chi connectivity index (χ0n) is 30.7. The van der Waals surface area contributed by atoms with E-state index in [4.69, 9.17) is 8.83 Å². The van der Waals surface area contributed by atoms with Crippen LogP contribution in [-0.4, -0.2) is 24.6 Å². The van der Waals surface area contributed by atoms with Gasteiger partial charge in [0.05, 0.1) is 22.1 Å². The van der Waals surface area contributed by atoms with E-state index >= 15 is 0 Å². The molecule has 6 aromatic carbocycles. The number of aromatic nitrogens is 4. The van der Waals surface area contributed by atoms with Crippen molar-refractivity contribution in [2.45, 2.75) is 27.7 Å². The zero-order valence-corrected chi connectivity index (χ0v) is 30.7. The number of nitrogens with zero attached hydrogens (tertiary/aromatic N) is 4. The number of para-hydroxylation sites is 2. The standard InChI is InChI=1S/C48H31BN4O2/c1-24-18-26(3)41-34(20-24)52-43-30-14-8-10-16-36(30)54-45(43)39-47(52)50(41)32-22-29(28-12-6-5-7-13-28)23-33-38(32)49(39)40-46-44(31-15-9-11-17-37(31)55-46)53-35-21-25(2)19-27(4)42(35)51(33)48(40)53/h5-23H,1-4H3. The maximum atomic E-state index is 7.07. The van der Waals surface area contributed by atoms with E-state index in [0.29, 0.717) is 0 Å². The SMILES string of the molecule is Cc1cc(C)c2c(c1)n1c3c(oc4ccccc43)c3c1n2-c1cc(-c2ccccc2)cc2c1B3c1c3oc4ccccc4c3n3c4cc(C)cc(C)c4n-2c13. The van der Waals surface area contributed by atoms with Crippen LogP contribution >= 0.6 is 0 Å². The zero-order chi connectivity index (χ0) is 36.2. The normalized spacial score (nSPS) is 13.4. The van der Waals surface area contributed by atoms with E-state index in [-0.39, 0.29) is 6.71 Å². The minimum atomic E-state index is -0.160. The highest BCUT2D eigenvalue weighted by Crippen LogP contribution is 2.45. The second-order valence-corrected chi connectivity index (χ2v) is 16.0. The second kappa shape index (κ2) is 9.26. The van der Waals surface area contributed by atoms with Crippen molar-refractivity contribution in [3.63, 3.8) is 0 Å². The monoisotopic (exact) mass is 706 g/mol. The number of aryl methyl sites for hydroxylation is 4. The van der Waals surface area contributed by atoms with Crippen LogP contribution in [0.2, 0.25) is 0 Å². The van der Waals surface area contributed by atoms with Gasteiger partial charge < -0.3 is 8.83 Å². The van der Waals surface area contributed by atoms with Gasteiger partial charge in [0.2, 0.25) is 0 Å². The minimum Gasteiger partial charge on any atom is -0.455 e. The molecule has 55 heavy (non-hydrogen) atoms. The number of furan rings is 2. The molecular formula is C48H31BN4O2. The summed E-state index contributed by atoms with van der Waals surface area (Å²) in [4.78, 5) is 0. The summed E-state index contributed by atoms with van der Waals surface area (Å²) in [6.07, 6.45) is 0. The first kappa shape index (κ1) is 28.6. The molecule has 0 saturated heterocycles. The summed E-state index contributed by atoms with van der Waals surface area (Å²) in [5.41, 5.74) is 26.6. The number of rotatable bonds is 1. The average Bonchev–Trinajstić information content (AvgIpc) is 4.01. The van der Waals surface area contributed by atoms with Crippen molar-refractivity contribution in [2.24, 2.45) is 0 Å². The number of hydrogen-bond donors (Lipinski definition) is 0. The van der Waals surface area contributed by atoms with Crippen molar-refractivity contribution in [2.75, 3.05) is 0 Å². The highest BCUT2D eigenvalue weighted by Gasteiger charge is 2.48. The molecule has 14 rings (SSSR count). The van der Waals surface area contributed by atoms with Gasteiger partial charge in [-0.05, 0) is 115 Å². The van der Waals surface area contributed by atoms with E-state index in [1.807, 2.05) is 0 Å². The van der Waals surface area contributed by atoms with Gasteiger partial charge in [0.25, 0.3) is 6.71 Å². The third kappa shape index (κ3) is 3.13. The second-order valence-electron chi connectivity index (χ2n) is 16.0. The Hall–Kier alpha value is -6.86. The fourth-order valence-electron chi connectivity index (χ4n) is 11.0.